The summed E-state index contributed by atoms with van der Waals surface area (Å²) in [4.78, 5) is 36.4. The lowest BCUT2D eigenvalue weighted by Gasteiger charge is -2.19. The van der Waals surface area contributed by atoms with Crippen LogP contribution in [0.15, 0.2) is 24.3 Å². The summed E-state index contributed by atoms with van der Waals surface area (Å²) in [5.41, 5.74) is 6.63. The van der Waals surface area contributed by atoms with E-state index in [1.807, 2.05) is 45.0 Å². The summed E-state index contributed by atoms with van der Waals surface area (Å²) < 4.78 is 5.18. The van der Waals surface area contributed by atoms with E-state index in [9.17, 15) is 14.4 Å². The van der Waals surface area contributed by atoms with Crippen molar-refractivity contribution in [2.75, 3.05) is 6.54 Å². The van der Waals surface area contributed by atoms with Gasteiger partial charge in [-0.25, -0.2) is 4.79 Å². The van der Waals surface area contributed by atoms with Crippen molar-refractivity contribution < 1.29 is 19.1 Å². The van der Waals surface area contributed by atoms with Gasteiger partial charge in [0, 0.05) is 26.1 Å². The number of benzene rings is 1. The summed E-state index contributed by atoms with van der Waals surface area (Å²) >= 11 is 0. The van der Waals surface area contributed by atoms with Gasteiger partial charge in [0.15, 0.2) is 0 Å². The van der Waals surface area contributed by atoms with Crippen LogP contribution in [0.2, 0.25) is 0 Å². The van der Waals surface area contributed by atoms with Gasteiger partial charge >= 0.3 is 6.09 Å². The van der Waals surface area contributed by atoms with E-state index in [4.69, 9.17) is 10.5 Å². The Bertz CT molecular complexity index is 649. The van der Waals surface area contributed by atoms with Gasteiger partial charge in [0.05, 0.1) is 5.92 Å². The molecule has 1 atom stereocenters. The van der Waals surface area contributed by atoms with E-state index in [-0.39, 0.29) is 12.3 Å². The highest BCUT2D eigenvalue weighted by Crippen LogP contribution is 2.20. The number of primary amides is 1. The first kappa shape index (κ1) is 18.8. The van der Waals surface area contributed by atoms with Gasteiger partial charge in [0.1, 0.15) is 5.60 Å². The fourth-order valence-electron chi connectivity index (χ4n) is 2.59. The number of alkyl carbamates (subject to hydrolysis) is 1. The molecule has 136 valence electrons. The van der Waals surface area contributed by atoms with Gasteiger partial charge in [-0.2, -0.15) is 0 Å². The topological polar surface area (TPSA) is 102 Å². The second kappa shape index (κ2) is 7.55. The predicted octanol–water partition coefficient (Wildman–Crippen LogP) is 1.55. The molecule has 1 heterocycles. The van der Waals surface area contributed by atoms with Crippen molar-refractivity contribution in [3.05, 3.63) is 35.4 Å². The molecule has 3 N–H and O–H groups in total. The maximum atomic E-state index is 11.9. The molecule has 1 fully saturated rings. The van der Waals surface area contributed by atoms with E-state index in [0.29, 0.717) is 19.6 Å². The standard InChI is InChI=1S/C18H25N3O4/c1-18(2,3)25-17(24)20-9-12-4-6-13(7-5-12)10-21-11-14(16(19)23)8-15(21)22/h4-7,14H,8-11H2,1-3H3,(H2,19,23)(H,20,24). The monoisotopic (exact) mass is 347 g/mol. The Labute approximate surface area is 147 Å². The van der Waals surface area contributed by atoms with Gasteiger partial charge in [-0.1, -0.05) is 24.3 Å². The van der Waals surface area contributed by atoms with Crippen LogP contribution >= 0.6 is 0 Å². The molecular weight excluding hydrogens is 322 g/mol. The van der Waals surface area contributed by atoms with Crippen LogP contribution in [0.3, 0.4) is 0 Å². The first-order valence-corrected chi connectivity index (χ1v) is 8.26. The number of rotatable bonds is 5. The number of ether oxygens (including phenoxy) is 1. The molecule has 7 heteroatoms. The molecule has 1 aromatic rings. The first-order valence-electron chi connectivity index (χ1n) is 8.26. The molecule has 0 saturated carbocycles. The highest BCUT2D eigenvalue weighted by molar-refractivity contribution is 5.88. The quantitative estimate of drug-likeness (QED) is 0.843. The number of nitrogens with zero attached hydrogens (tertiary/aromatic N) is 1. The lowest BCUT2D eigenvalue weighted by atomic mass is 10.1. The Morgan fingerprint density at radius 2 is 1.84 bits per heavy atom. The minimum Gasteiger partial charge on any atom is -0.444 e. The highest BCUT2D eigenvalue weighted by atomic mass is 16.6. The molecule has 3 amide bonds. The molecule has 0 radical (unpaired) electrons. The van der Waals surface area contributed by atoms with E-state index in [2.05, 4.69) is 5.32 Å². The Hall–Kier alpha value is -2.57. The van der Waals surface area contributed by atoms with Crippen molar-refractivity contribution in [1.29, 1.82) is 0 Å². The average Bonchev–Trinajstić information content (AvgIpc) is 2.86. The Morgan fingerprint density at radius 1 is 1.24 bits per heavy atom. The lowest BCUT2D eigenvalue weighted by molar-refractivity contribution is -0.128. The minimum absolute atomic E-state index is 0.0560. The van der Waals surface area contributed by atoms with Crippen LogP contribution < -0.4 is 11.1 Å². The fourth-order valence-corrected chi connectivity index (χ4v) is 2.59. The van der Waals surface area contributed by atoms with Crippen LogP contribution in [-0.4, -0.2) is 35.0 Å². The van der Waals surface area contributed by atoms with Crippen LogP contribution in [0.5, 0.6) is 0 Å². The third-order valence-corrected chi connectivity index (χ3v) is 3.85. The van der Waals surface area contributed by atoms with Crippen molar-refractivity contribution in [2.45, 2.75) is 45.9 Å². The smallest absolute Gasteiger partial charge is 0.407 e. The molecule has 1 unspecified atom stereocenters. The van der Waals surface area contributed by atoms with Crippen molar-refractivity contribution in [1.82, 2.24) is 10.2 Å². The van der Waals surface area contributed by atoms with Crippen LogP contribution in [0.4, 0.5) is 4.79 Å². The normalized spacial score (nSPS) is 17.5. The molecule has 1 saturated heterocycles. The molecule has 1 aromatic carbocycles. The number of carbonyl (C=O) groups is 3. The zero-order valence-corrected chi connectivity index (χ0v) is 14.9. The summed E-state index contributed by atoms with van der Waals surface area (Å²) in [6.07, 6.45) is -0.274. The van der Waals surface area contributed by atoms with Crippen LogP contribution in [-0.2, 0) is 27.4 Å². The van der Waals surface area contributed by atoms with Gasteiger partial charge in [-0.05, 0) is 31.9 Å². The number of amides is 3. The SMILES string of the molecule is CC(C)(C)OC(=O)NCc1ccc(CN2CC(C(N)=O)CC2=O)cc1. The number of nitrogens with two attached hydrogens (primary N) is 1. The Balaban J connectivity index is 1.85. The Kier molecular flexibility index (Phi) is 5.66. The number of likely N-dealkylation sites (tertiary alicyclic amines) is 1. The summed E-state index contributed by atoms with van der Waals surface area (Å²) in [6.45, 7) is 6.61. The largest absolute Gasteiger partial charge is 0.444 e. The second-order valence-electron chi connectivity index (χ2n) is 7.25. The second-order valence-corrected chi connectivity index (χ2v) is 7.25. The van der Waals surface area contributed by atoms with E-state index >= 15 is 0 Å². The molecule has 0 aromatic heterocycles. The molecule has 25 heavy (non-hydrogen) atoms. The molecule has 0 spiro atoms. The summed E-state index contributed by atoms with van der Waals surface area (Å²) in [5, 5.41) is 2.70. The van der Waals surface area contributed by atoms with Gasteiger partial charge in [-0.3, -0.25) is 9.59 Å². The molecular formula is C18H25N3O4. The average molecular weight is 347 g/mol. The molecule has 1 aliphatic rings. The maximum Gasteiger partial charge on any atom is 0.407 e. The van der Waals surface area contributed by atoms with E-state index in [1.165, 1.54) is 0 Å². The van der Waals surface area contributed by atoms with Crippen LogP contribution in [0, 0.1) is 5.92 Å². The predicted molar refractivity (Wildman–Crippen MR) is 92.2 cm³/mol. The van der Waals surface area contributed by atoms with Gasteiger partial charge in [0.2, 0.25) is 11.8 Å². The van der Waals surface area contributed by atoms with Crippen LogP contribution in [0.25, 0.3) is 0 Å². The molecule has 0 aliphatic carbocycles. The highest BCUT2D eigenvalue weighted by Gasteiger charge is 2.32. The van der Waals surface area contributed by atoms with E-state index in [1.54, 1.807) is 4.90 Å². The number of hydrogen-bond donors (Lipinski definition) is 2. The van der Waals surface area contributed by atoms with Crippen molar-refractivity contribution in [3.63, 3.8) is 0 Å². The zero-order valence-electron chi connectivity index (χ0n) is 14.9. The fraction of sp³-hybridized carbons (Fsp3) is 0.500. The summed E-state index contributed by atoms with van der Waals surface area (Å²) in [7, 11) is 0. The van der Waals surface area contributed by atoms with Gasteiger partial charge < -0.3 is 20.7 Å². The van der Waals surface area contributed by atoms with Crippen LogP contribution in [0.1, 0.15) is 38.3 Å². The minimum atomic E-state index is -0.529. The van der Waals surface area contributed by atoms with Crippen molar-refractivity contribution >= 4 is 17.9 Å². The molecule has 0 bridgehead atoms. The third kappa shape index (κ3) is 5.77. The number of hydrogen-bond acceptors (Lipinski definition) is 4. The lowest BCUT2D eigenvalue weighted by Crippen LogP contribution is -2.32. The molecule has 1 aliphatic heterocycles. The van der Waals surface area contributed by atoms with Gasteiger partial charge in [0.25, 0.3) is 0 Å². The van der Waals surface area contributed by atoms with E-state index < -0.39 is 23.5 Å². The maximum absolute atomic E-state index is 11.9. The van der Waals surface area contributed by atoms with E-state index in [0.717, 1.165) is 11.1 Å². The summed E-state index contributed by atoms with van der Waals surface area (Å²) in [6, 6.07) is 7.57. The zero-order chi connectivity index (χ0) is 18.6. The van der Waals surface area contributed by atoms with Gasteiger partial charge in [-0.15, -0.1) is 0 Å². The van der Waals surface area contributed by atoms with Crippen molar-refractivity contribution in [3.8, 4) is 0 Å². The van der Waals surface area contributed by atoms with Crippen molar-refractivity contribution in [2.24, 2.45) is 11.7 Å². The third-order valence-electron chi connectivity index (χ3n) is 3.85. The number of carbonyl (C=O) groups excluding carboxylic acids is 3. The first-order chi connectivity index (χ1) is 11.6. The number of nitrogens with one attached hydrogen (secondary N) is 1. The molecule has 7 nitrogen and oxygen atoms in total. The molecule has 2 rings (SSSR count). The Morgan fingerprint density at radius 3 is 2.36 bits per heavy atom. The summed E-state index contributed by atoms with van der Waals surface area (Å²) in [5.74, 6) is -0.885.